The fraction of sp³-hybridized carbons (Fsp3) is 0.154. The molecule has 0 bridgehead atoms. The lowest BCUT2D eigenvalue weighted by molar-refractivity contribution is 0.0992. The van der Waals surface area contributed by atoms with E-state index < -0.39 is 0 Å². The van der Waals surface area contributed by atoms with Crippen molar-refractivity contribution in [3.8, 4) is 5.75 Å². The van der Waals surface area contributed by atoms with Gasteiger partial charge in [-0.05, 0) is 18.2 Å². The fourth-order valence-electron chi connectivity index (χ4n) is 1.53. The number of aromatic nitrogens is 2. The first-order chi connectivity index (χ1) is 8.70. The average Bonchev–Trinajstić information content (AvgIpc) is 2.39. The summed E-state index contributed by atoms with van der Waals surface area (Å²) in [5.74, 6) is 0.527. The monoisotopic (exact) mass is 262 g/mol. The Morgan fingerprint density at radius 2 is 2.22 bits per heavy atom. The molecule has 0 aliphatic heterocycles. The predicted octanol–water partition coefficient (Wildman–Crippen LogP) is 2.56. The summed E-state index contributed by atoms with van der Waals surface area (Å²) in [6.45, 7) is 0. The van der Waals surface area contributed by atoms with Gasteiger partial charge in [0, 0.05) is 24.2 Å². The molecule has 92 valence electrons. The molecule has 0 amide bonds. The van der Waals surface area contributed by atoms with Gasteiger partial charge in [-0.25, -0.2) is 0 Å². The third kappa shape index (κ3) is 2.84. The van der Waals surface area contributed by atoms with Gasteiger partial charge in [0.1, 0.15) is 5.75 Å². The van der Waals surface area contributed by atoms with Crippen LogP contribution in [-0.2, 0) is 6.42 Å². The van der Waals surface area contributed by atoms with Crippen molar-refractivity contribution in [2.45, 2.75) is 6.42 Å². The third-order valence-electron chi connectivity index (χ3n) is 2.43. The van der Waals surface area contributed by atoms with E-state index in [1.807, 2.05) is 0 Å². The molecule has 2 rings (SSSR count). The summed E-state index contributed by atoms with van der Waals surface area (Å²) in [7, 11) is 1.55. The van der Waals surface area contributed by atoms with E-state index in [9.17, 15) is 4.79 Å². The number of ether oxygens (including phenoxy) is 1. The van der Waals surface area contributed by atoms with Crippen LogP contribution in [0.2, 0.25) is 5.02 Å². The van der Waals surface area contributed by atoms with Gasteiger partial charge < -0.3 is 4.74 Å². The van der Waals surface area contributed by atoms with Crippen LogP contribution in [-0.4, -0.2) is 22.9 Å². The molecule has 0 atom stereocenters. The van der Waals surface area contributed by atoms with Crippen LogP contribution >= 0.6 is 11.6 Å². The minimum absolute atomic E-state index is 0.0943. The number of hydrogen-bond acceptors (Lipinski definition) is 4. The Bertz CT molecular complexity index is 558. The molecule has 18 heavy (non-hydrogen) atoms. The van der Waals surface area contributed by atoms with E-state index in [0.29, 0.717) is 22.0 Å². The molecule has 0 radical (unpaired) electrons. The number of carbonyl (C=O) groups is 1. The Kier molecular flexibility index (Phi) is 3.89. The molecule has 0 saturated carbocycles. The van der Waals surface area contributed by atoms with Gasteiger partial charge in [-0.1, -0.05) is 11.6 Å². The van der Waals surface area contributed by atoms with Gasteiger partial charge in [0.15, 0.2) is 5.78 Å². The minimum atomic E-state index is -0.0943. The number of rotatable bonds is 4. The standard InChI is InChI=1S/C13H11ClN2O2/c1-18-10-2-3-11(12(14)7-10)13(17)6-9-8-15-4-5-16-9/h2-5,7-8H,6H2,1H3. The zero-order chi connectivity index (χ0) is 13.0. The molecule has 0 fully saturated rings. The predicted molar refractivity (Wildman–Crippen MR) is 68.1 cm³/mol. The molecule has 0 aliphatic carbocycles. The van der Waals surface area contributed by atoms with Gasteiger partial charge in [-0.15, -0.1) is 0 Å². The second-order valence-corrected chi connectivity index (χ2v) is 4.05. The molecule has 0 saturated heterocycles. The maximum absolute atomic E-state index is 12.0. The van der Waals surface area contributed by atoms with Crippen LogP contribution in [0.25, 0.3) is 0 Å². The normalized spacial score (nSPS) is 10.1. The van der Waals surface area contributed by atoms with Crippen LogP contribution in [0.4, 0.5) is 0 Å². The van der Waals surface area contributed by atoms with E-state index in [2.05, 4.69) is 9.97 Å². The number of methoxy groups -OCH3 is 1. The van der Waals surface area contributed by atoms with Crippen molar-refractivity contribution in [1.29, 1.82) is 0 Å². The number of halogens is 1. The summed E-state index contributed by atoms with van der Waals surface area (Å²) in [6.07, 6.45) is 4.86. The highest BCUT2D eigenvalue weighted by atomic mass is 35.5. The number of carbonyl (C=O) groups excluding carboxylic acids is 1. The van der Waals surface area contributed by atoms with Crippen LogP contribution in [0.3, 0.4) is 0 Å². The van der Waals surface area contributed by atoms with E-state index in [0.717, 1.165) is 0 Å². The minimum Gasteiger partial charge on any atom is -0.497 e. The highest BCUT2D eigenvalue weighted by Crippen LogP contribution is 2.23. The van der Waals surface area contributed by atoms with Crippen molar-refractivity contribution < 1.29 is 9.53 Å². The number of Topliss-reactive ketones (excluding diaryl/α,β-unsaturated/α-hetero) is 1. The second-order valence-electron chi connectivity index (χ2n) is 3.64. The largest absolute Gasteiger partial charge is 0.497 e. The summed E-state index contributed by atoms with van der Waals surface area (Å²) in [4.78, 5) is 20.0. The molecule has 2 aromatic rings. The number of nitrogens with zero attached hydrogens (tertiary/aromatic N) is 2. The van der Waals surface area contributed by atoms with E-state index in [-0.39, 0.29) is 12.2 Å². The van der Waals surface area contributed by atoms with Gasteiger partial charge in [0.2, 0.25) is 0 Å². The molecule has 5 heteroatoms. The molecule has 0 unspecified atom stereocenters. The van der Waals surface area contributed by atoms with Gasteiger partial charge in [-0.3, -0.25) is 14.8 Å². The molecule has 0 spiro atoms. The zero-order valence-electron chi connectivity index (χ0n) is 9.76. The Morgan fingerprint density at radius 3 is 2.83 bits per heavy atom. The Balaban J connectivity index is 2.19. The Labute approximate surface area is 110 Å². The molecule has 1 heterocycles. The highest BCUT2D eigenvalue weighted by molar-refractivity contribution is 6.34. The van der Waals surface area contributed by atoms with Gasteiger partial charge in [-0.2, -0.15) is 0 Å². The lowest BCUT2D eigenvalue weighted by Gasteiger charge is -2.05. The summed E-state index contributed by atoms with van der Waals surface area (Å²) >= 11 is 6.03. The lowest BCUT2D eigenvalue weighted by atomic mass is 10.1. The molecule has 0 N–H and O–H groups in total. The third-order valence-corrected chi connectivity index (χ3v) is 2.75. The molecule has 0 aliphatic rings. The quantitative estimate of drug-likeness (QED) is 0.795. The molecular weight excluding hydrogens is 252 g/mol. The first-order valence-corrected chi connectivity index (χ1v) is 5.70. The molecule has 1 aromatic carbocycles. The molecule has 1 aromatic heterocycles. The number of benzene rings is 1. The SMILES string of the molecule is COc1ccc(C(=O)Cc2cnccn2)c(Cl)c1. The zero-order valence-corrected chi connectivity index (χ0v) is 10.5. The van der Waals surface area contributed by atoms with Crippen molar-refractivity contribution >= 4 is 17.4 Å². The summed E-state index contributed by atoms with van der Waals surface area (Å²) in [6, 6.07) is 4.97. The van der Waals surface area contributed by atoms with Gasteiger partial charge in [0.05, 0.1) is 24.2 Å². The maximum Gasteiger partial charge on any atom is 0.170 e. The van der Waals surface area contributed by atoms with Crippen molar-refractivity contribution in [2.24, 2.45) is 0 Å². The van der Waals surface area contributed by atoms with Crippen LogP contribution in [0.1, 0.15) is 16.1 Å². The highest BCUT2D eigenvalue weighted by Gasteiger charge is 2.12. The topological polar surface area (TPSA) is 52.1 Å². The first-order valence-electron chi connectivity index (χ1n) is 5.32. The number of ketones is 1. The van der Waals surface area contributed by atoms with Gasteiger partial charge >= 0.3 is 0 Å². The maximum atomic E-state index is 12.0. The van der Waals surface area contributed by atoms with E-state index >= 15 is 0 Å². The lowest BCUT2D eigenvalue weighted by Crippen LogP contribution is -2.06. The summed E-state index contributed by atoms with van der Waals surface area (Å²) in [5, 5.41) is 0.378. The van der Waals surface area contributed by atoms with Crippen molar-refractivity contribution in [3.63, 3.8) is 0 Å². The molecular formula is C13H11ClN2O2. The first kappa shape index (κ1) is 12.5. The summed E-state index contributed by atoms with van der Waals surface area (Å²) in [5.41, 5.74) is 1.08. The molecule has 4 nitrogen and oxygen atoms in total. The van der Waals surface area contributed by atoms with Crippen molar-refractivity contribution in [1.82, 2.24) is 9.97 Å². The second kappa shape index (κ2) is 5.60. The van der Waals surface area contributed by atoms with Crippen molar-refractivity contribution in [2.75, 3.05) is 7.11 Å². The van der Waals surface area contributed by atoms with E-state index in [1.165, 1.54) is 0 Å². The average molecular weight is 263 g/mol. The van der Waals surface area contributed by atoms with E-state index in [4.69, 9.17) is 16.3 Å². The van der Waals surface area contributed by atoms with Crippen LogP contribution in [0, 0.1) is 0 Å². The van der Waals surface area contributed by atoms with Crippen LogP contribution in [0.15, 0.2) is 36.8 Å². The van der Waals surface area contributed by atoms with Crippen molar-refractivity contribution in [3.05, 3.63) is 53.1 Å². The van der Waals surface area contributed by atoms with E-state index in [1.54, 1.807) is 43.9 Å². The fourth-order valence-corrected chi connectivity index (χ4v) is 1.81. The smallest absolute Gasteiger partial charge is 0.170 e. The Morgan fingerprint density at radius 1 is 1.39 bits per heavy atom. The Hall–Kier alpha value is -1.94. The van der Waals surface area contributed by atoms with Crippen LogP contribution < -0.4 is 4.74 Å². The summed E-state index contributed by atoms with van der Waals surface area (Å²) < 4.78 is 5.03. The van der Waals surface area contributed by atoms with Gasteiger partial charge in [0.25, 0.3) is 0 Å². The number of hydrogen-bond donors (Lipinski definition) is 0. The van der Waals surface area contributed by atoms with Crippen LogP contribution in [0.5, 0.6) is 5.75 Å².